The quantitative estimate of drug-likeness (QED) is 0.656. The van der Waals surface area contributed by atoms with Crippen LogP contribution in [-0.4, -0.2) is 35.1 Å². The molecular weight excluding hydrogens is 292 g/mol. The number of carbonyl (C=O) groups excluding carboxylic acids is 1. The maximum Gasteiger partial charge on any atom is 0.322 e. The normalized spacial score (nSPS) is 22.3. The summed E-state index contributed by atoms with van der Waals surface area (Å²) in [5, 5.41) is 14.7. The largest absolute Gasteiger partial charge is 0.480 e. The van der Waals surface area contributed by atoms with E-state index in [1.807, 2.05) is 63.3 Å². The molecule has 0 bridgehead atoms. The number of carbonyl (C=O) groups is 2. The Bertz CT molecular complexity index is 576. The number of aliphatic carboxylic acids is 1. The maximum absolute atomic E-state index is 11.8. The highest BCUT2D eigenvalue weighted by atomic mass is 16.4. The zero-order valence-corrected chi connectivity index (χ0v) is 13.7. The average molecular weight is 316 g/mol. The molecule has 124 valence electrons. The number of amides is 1. The van der Waals surface area contributed by atoms with Gasteiger partial charge >= 0.3 is 5.97 Å². The average Bonchev–Trinajstić information content (AvgIpc) is 2.40. The second-order valence-electron chi connectivity index (χ2n) is 6.16. The molecule has 1 aliphatic rings. The molecule has 0 aromatic heterocycles. The van der Waals surface area contributed by atoms with E-state index in [9.17, 15) is 14.7 Å². The molecule has 0 heterocycles. The number of nitrogens with one attached hydrogen (secondary N) is 2. The van der Waals surface area contributed by atoms with Gasteiger partial charge < -0.3 is 10.4 Å². The molecule has 1 rings (SSSR count). The minimum atomic E-state index is -0.994. The Hall–Kier alpha value is -2.40. The van der Waals surface area contributed by atoms with Crippen LogP contribution in [0.4, 0.5) is 0 Å². The second kappa shape index (κ2) is 8.90. The van der Waals surface area contributed by atoms with E-state index >= 15 is 0 Å². The van der Waals surface area contributed by atoms with E-state index in [0.717, 1.165) is 5.57 Å². The molecule has 0 saturated heterocycles. The van der Waals surface area contributed by atoms with Gasteiger partial charge in [-0.05, 0) is 32.4 Å². The van der Waals surface area contributed by atoms with Crippen LogP contribution in [0.3, 0.4) is 0 Å². The summed E-state index contributed by atoms with van der Waals surface area (Å²) in [6, 6.07) is -0.832. The summed E-state index contributed by atoms with van der Waals surface area (Å²) in [6.07, 6.45) is 16.3. The molecule has 0 fully saturated rings. The Balaban J connectivity index is 2.55. The van der Waals surface area contributed by atoms with Crippen molar-refractivity contribution in [3.63, 3.8) is 0 Å². The SMILES string of the molecule is CC(C)(C)NC(CNC(=O)/C=C/C1=C/C=C\C=C/C=C\1)C(=O)O. The first-order valence-electron chi connectivity index (χ1n) is 7.46. The van der Waals surface area contributed by atoms with Crippen molar-refractivity contribution in [3.8, 4) is 0 Å². The first-order valence-corrected chi connectivity index (χ1v) is 7.46. The lowest BCUT2D eigenvalue weighted by Gasteiger charge is -2.25. The Labute approximate surface area is 137 Å². The molecule has 1 atom stereocenters. The number of carboxylic acids is 1. The molecule has 5 nitrogen and oxygen atoms in total. The molecule has 23 heavy (non-hydrogen) atoms. The third-order valence-electron chi connectivity index (χ3n) is 2.83. The summed E-state index contributed by atoms with van der Waals surface area (Å²) in [5.74, 6) is -1.32. The van der Waals surface area contributed by atoms with Gasteiger partial charge in [-0.25, -0.2) is 0 Å². The molecule has 0 aromatic carbocycles. The van der Waals surface area contributed by atoms with Gasteiger partial charge in [-0.15, -0.1) is 0 Å². The molecule has 3 N–H and O–H groups in total. The monoisotopic (exact) mass is 316 g/mol. The van der Waals surface area contributed by atoms with E-state index in [1.54, 1.807) is 6.08 Å². The number of hydrogen-bond acceptors (Lipinski definition) is 3. The third kappa shape index (κ3) is 8.58. The summed E-state index contributed by atoms with van der Waals surface area (Å²) < 4.78 is 0. The van der Waals surface area contributed by atoms with Crippen LogP contribution < -0.4 is 10.6 Å². The maximum atomic E-state index is 11.8. The number of hydrogen-bond donors (Lipinski definition) is 3. The van der Waals surface area contributed by atoms with Gasteiger partial charge in [0.25, 0.3) is 0 Å². The molecular formula is C18H24N2O3. The molecule has 0 aromatic rings. The zero-order valence-electron chi connectivity index (χ0n) is 13.7. The fourth-order valence-electron chi connectivity index (χ4n) is 1.85. The first-order chi connectivity index (χ1) is 10.8. The highest BCUT2D eigenvalue weighted by Crippen LogP contribution is 2.03. The molecule has 1 aliphatic carbocycles. The van der Waals surface area contributed by atoms with Crippen molar-refractivity contribution in [2.24, 2.45) is 0 Å². The molecule has 0 saturated carbocycles. The van der Waals surface area contributed by atoms with Gasteiger partial charge in [0.2, 0.25) is 5.91 Å². The smallest absolute Gasteiger partial charge is 0.322 e. The van der Waals surface area contributed by atoms with E-state index in [-0.39, 0.29) is 18.0 Å². The Morgan fingerprint density at radius 3 is 2.48 bits per heavy atom. The van der Waals surface area contributed by atoms with Gasteiger partial charge in [-0.3, -0.25) is 14.9 Å². The van der Waals surface area contributed by atoms with Crippen LogP contribution in [0.15, 0.2) is 60.3 Å². The van der Waals surface area contributed by atoms with E-state index in [1.165, 1.54) is 6.08 Å². The summed E-state index contributed by atoms with van der Waals surface area (Å²) >= 11 is 0. The molecule has 0 spiro atoms. The van der Waals surface area contributed by atoms with Crippen molar-refractivity contribution in [2.75, 3.05) is 6.54 Å². The van der Waals surface area contributed by atoms with Gasteiger partial charge in [0.15, 0.2) is 0 Å². The summed E-state index contributed by atoms with van der Waals surface area (Å²) in [6.45, 7) is 5.65. The van der Waals surface area contributed by atoms with Crippen molar-refractivity contribution in [1.29, 1.82) is 0 Å². The van der Waals surface area contributed by atoms with Crippen LogP contribution in [0.5, 0.6) is 0 Å². The second-order valence-corrected chi connectivity index (χ2v) is 6.16. The van der Waals surface area contributed by atoms with Crippen molar-refractivity contribution < 1.29 is 14.7 Å². The fraction of sp³-hybridized carbons (Fsp3) is 0.333. The van der Waals surface area contributed by atoms with Crippen LogP contribution in [-0.2, 0) is 9.59 Å². The van der Waals surface area contributed by atoms with E-state index in [2.05, 4.69) is 10.6 Å². The molecule has 0 radical (unpaired) electrons. The molecule has 1 unspecified atom stereocenters. The molecule has 5 heteroatoms. The van der Waals surface area contributed by atoms with Crippen LogP contribution in [0.25, 0.3) is 0 Å². The summed E-state index contributed by atoms with van der Waals surface area (Å²) in [7, 11) is 0. The van der Waals surface area contributed by atoms with Crippen molar-refractivity contribution in [3.05, 3.63) is 60.3 Å². The highest BCUT2D eigenvalue weighted by Gasteiger charge is 2.23. The van der Waals surface area contributed by atoms with Gasteiger partial charge in [0.1, 0.15) is 6.04 Å². The molecule has 1 amide bonds. The lowest BCUT2D eigenvalue weighted by atomic mass is 10.1. The van der Waals surface area contributed by atoms with Crippen LogP contribution in [0.1, 0.15) is 20.8 Å². The number of allylic oxidation sites excluding steroid dienone is 9. The van der Waals surface area contributed by atoms with Crippen molar-refractivity contribution in [1.82, 2.24) is 10.6 Å². The van der Waals surface area contributed by atoms with Gasteiger partial charge in [0.05, 0.1) is 0 Å². The van der Waals surface area contributed by atoms with Crippen LogP contribution in [0, 0.1) is 0 Å². The minimum absolute atomic E-state index is 0.0211. The van der Waals surface area contributed by atoms with Crippen molar-refractivity contribution >= 4 is 11.9 Å². The summed E-state index contributed by atoms with van der Waals surface area (Å²) in [5.41, 5.74) is 0.529. The Kier molecular flexibility index (Phi) is 7.22. The summed E-state index contributed by atoms with van der Waals surface area (Å²) in [4.78, 5) is 23.0. The number of rotatable bonds is 6. The van der Waals surface area contributed by atoms with E-state index in [0.29, 0.717) is 0 Å². The lowest BCUT2D eigenvalue weighted by molar-refractivity contribution is -0.139. The van der Waals surface area contributed by atoms with Crippen LogP contribution >= 0.6 is 0 Å². The predicted octanol–water partition coefficient (Wildman–Crippen LogP) is 2.11. The minimum Gasteiger partial charge on any atom is -0.480 e. The van der Waals surface area contributed by atoms with Crippen LogP contribution in [0.2, 0.25) is 0 Å². The predicted molar refractivity (Wildman–Crippen MR) is 92.0 cm³/mol. The lowest BCUT2D eigenvalue weighted by Crippen LogP contribution is -2.52. The Morgan fingerprint density at radius 2 is 1.83 bits per heavy atom. The standard InChI is InChI=1S/C18H24N2O3/c1-18(2,3)20-15(17(22)23)13-19-16(21)12-11-14-9-7-5-4-6-8-10-14/h4-12,15,20H,13H2,1-3H3,(H,19,21)(H,22,23)/b5-4-,6-4?,7-5?,8-6-,9-7-,10-8?,12-11+,14-9?,14-10+. The van der Waals surface area contributed by atoms with Gasteiger partial charge in [-0.1, -0.05) is 42.5 Å². The fourth-order valence-corrected chi connectivity index (χ4v) is 1.85. The number of carboxylic acid groups (broad SMARTS) is 1. The first kappa shape index (κ1) is 18.6. The van der Waals surface area contributed by atoms with Gasteiger partial charge in [-0.2, -0.15) is 0 Å². The van der Waals surface area contributed by atoms with E-state index in [4.69, 9.17) is 0 Å². The topological polar surface area (TPSA) is 78.4 Å². The Morgan fingerprint density at radius 1 is 1.17 bits per heavy atom. The van der Waals surface area contributed by atoms with Crippen molar-refractivity contribution in [2.45, 2.75) is 32.4 Å². The third-order valence-corrected chi connectivity index (χ3v) is 2.83. The van der Waals surface area contributed by atoms with Gasteiger partial charge in [0, 0.05) is 18.2 Å². The van der Waals surface area contributed by atoms with E-state index < -0.39 is 12.0 Å². The molecule has 0 aliphatic heterocycles. The highest BCUT2D eigenvalue weighted by molar-refractivity contribution is 5.88. The zero-order chi connectivity index (χ0) is 17.3.